The molecule has 0 bridgehead atoms. The Kier molecular flexibility index (Phi) is 1.77. The lowest BCUT2D eigenvalue weighted by Crippen LogP contribution is -2.04. The van der Waals surface area contributed by atoms with Crippen molar-refractivity contribution in [1.82, 2.24) is 0 Å². The van der Waals surface area contributed by atoms with Gasteiger partial charge in [0.1, 0.15) is 0 Å². The fraction of sp³-hybridized carbons (Fsp3) is 0.778. The van der Waals surface area contributed by atoms with Gasteiger partial charge in [-0.3, -0.25) is 0 Å². The molecule has 0 saturated heterocycles. The molecule has 0 N–H and O–H groups in total. The summed E-state index contributed by atoms with van der Waals surface area (Å²) in [6, 6.07) is 0. The standard InChI is InChI=1S/C9H14S/c1-7-3-2-4-9-8(7)5-6-10-9/h7H,2-6H2,1H3. The Hall–Kier alpha value is 0.0900. The van der Waals surface area contributed by atoms with Gasteiger partial charge in [0.25, 0.3) is 0 Å². The number of rotatable bonds is 0. The average Bonchev–Trinajstić information content (AvgIpc) is 2.36. The molecule has 0 nitrogen and oxygen atoms in total. The van der Waals surface area contributed by atoms with E-state index in [1.54, 1.807) is 10.5 Å². The molecule has 0 aromatic carbocycles. The average molecular weight is 154 g/mol. The molecule has 2 aliphatic rings. The van der Waals surface area contributed by atoms with Crippen LogP contribution in [0.25, 0.3) is 0 Å². The van der Waals surface area contributed by atoms with E-state index < -0.39 is 0 Å². The quantitative estimate of drug-likeness (QED) is 0.516. The van der Waals surface area contributed by atoms with E-state index in [0.717, 1.165) is 5.92 Å². The molecule has 0 aromatic heterocycles. The van der Waals surface area contributed by atoms with E-state index >= 15 is 0 Å². The lowest BCUT2D eigenvalue weighted by atomic mass is 9.88. The van der Waals surface area contributed by atoms with Crippen molar-refractivity contribution in [2.45, 2.75) is 32.6 Å². The first kappa shape index (κ1) is 6.78. The van der Waals surface area contributed by atoms with E-state index in [1.165, 1.54) is 31.4 Å². The lowest BCUT2D eigenvalue weighted by molar-refractivity contribution is 0.539. The Morgan fingerprint density at radius 1 is 1.40 bits per heavy atom. The molecule has 0 aromatic rings. The highest BCUT2D eigenvalue weighted by atomic mass is 32.2. The summed E-state index contributed by atoms with van der Waals surface area (Å²) < 4.78 is 0. The largest absolute Gasteiger partial charge is 0.130 e. The predicted octanol–water partition coefficient (Wildman–Crippen LogP) is 3.20. The van der Waals surface area contributed by atoms with Crippen molar-refractivity contribution in [2.24, 2.45) is 5.92 Å². The summed E-state index contributed by atoms with van der Waals surface area (Å²) in [6.07, 6.45) is 5.66. The second-order valence-electron chi connectivity index (χ2n) is 3.34. The molecule has 0 saturated carbocycles. The van der Waals surface area contributed by atoms with Gasteiger partial charge in [0, 0.05) is 5.75 Å². The molecule has 0 radical (unpaired) electrons. The third-order valence-corrected chi connectivity index (χ3v) is 3.86. The minimum Gasteiger partial charge on any atom is -0.130 e. The zero-order valence-corrected chi connectivity index (χ0v) is 7.34. The van der Waals surface area contributed by atoms with E-state index in [-0.39, 0.29) is 0 Å². The van der Waals surface area contributed by atoms with E-state index in [1.807, 2.05) is 0 Å². The molecule has 1 aliphatic heterocycles. The van der Waals surface area contributed by atoms with Gasteiger partial charge in [0.2, 0.25) is 0 Å². The molecule has 0 spiro atoms. The molecule has 1 atom stereocenters. The summed E-state index contributed by atoms with van der Waals surface area (Å²) >= 11 is 2.11. The monoisotopic (exact) mass is 154 g/mol. The fourth-order valence-electron chi connectivity index (χ4n) is 2.01. The van der Waals surface area contributed by atoms with Crippen LogP contribution in [-0.4, -0.2) is 5.75 Å². The molecule has 2 rings (SSSR count). The van der Waals surface area contributed by atoms with Gasteiger partial charge in [-0.15, -0.1) is 11.8 Å². The van der Waals surface area contributed by atoms with Gasteiger partial charge in [-0.05, 0) is 36.5 Å². The van der Waals surface area contributed by atoms with Gasteiger partial charge < -0.3 is 0 Å². The SMILES string of the molecule is CC1CCCC2=C1CCS2. The second kappa shape index (κ2) is 2.61. The number of thioether (sulfide) groups is 1. The normalized spacial score (nSPS) is 32.7. The van der Waals surface area contributed by atoms with Gasteiger partial charge in [-0.2, -0.15) is 0 Å². The molecule has 0 fully saturated rings. The molecule has 10 heavy (non-hydrogen) atoms. The first-order chi connectivity index (χ1) is 4.88. The Balaban J connectivity index is 2.22. The van der Waals surface area contributed by atoms with Crippen LogP contribution in [0.4, 0.5) is 0 Å². The van der Waals surface area contributed by atoms with Crippen LogP contribution in [0.1, 0.15) is 32.6 Å². The Labute approximate surface area is 67.1 Å². The van der Waals surface area contributed by atoms with Crippen molar-refractivity contribution < 1.29 is 0 Å². The zero-order valence-electron chi connectivity index (χ0n) is 6.52. The summed E-state index contributed by atoms with van der Waals surface area (Å²) in [5.41, 5.74) is 1.80. The van der Waals surface area contributed by atoms with Gasteiger partial charge in [-0.25, -0.2) is 0 Å². The van der Waals surface area contributed by atoms with Crippen molar-refractivity contribution in [2.75, 3.05) is 5.75 Å². The number of hydrogen-bond donors (Lipinski definition) is 0. The molecule has 1 heteroatoms. The highest BCUT2D eigenvalue weighted by Gasteiger charge is 2.23. The van der Waals surface area contributed by atoms with E-state index in [9.17, 15) is 0 Å². The number of hydrogen-bond acceptors (Lipinski definition) is 1. The van der Waals surface area contributed by atoms with Crippen LogP contribution >= 0.6 is 11.8 Å². The molecular weight excluding hydrogens is 140 g/mol. The predicted molar refractivity (Wildman–Crippen MR) is 47.1 cm³/mol. The highest BCUT2D eigenvalue weighted by Crippen LogP contribution is 2.43. The third kappa shape index (κ3) is 1.01. The fourth-order valence-corrected chi connectivity index (χ4v) is 3.36. The summed E-state index contributed by atoms with van der Waals surface area (Å²) in [4.78, 5) is 1.75. The van der Waals surface area contributed by atoms with Crippen LogP contribution in [0.5, 0.6) is 0 Å². The molecule has 0 amide bonds. The van der Waals surface area contributed by atoms with E-state index in [2.05, 4.69) is 18.7 Å². The van der Waals surface area contributed by atoms with E-state index in [4.69, 9.17) is 0 Å². The minimum atomic E-state index is 0.916. The zero-order chi connectivity index (χ0) is 6.97. The van der Waals surface area contributed by atoms with Gasteiger partial charge in [-0.1, -0.05) is 12.5 Å². The maximum absolute atomic E-state index is 2.39. The maximum atomic E-state index is 2.39. The second-order valence-corrected chi connectivity index (χ2v) is 4.53. The highest BCUT2D eigenvalue weighted by molar-refractivity contribution is 8.03. The minimum absolute atomic E-state index is 0.916. The molecule has 1 unspecified atom stereocenters. The lowest BCUT2D eigenvalue weighted by Gasteiger charge is -2.19. The van der Waals surface area contributed by atoms with Gasteiger partial charge in [0.05, 0.1) is 0 Å². The van der Waals surface area contributed by atoms with E-state index in [0.29, 0.717) is 0 Å². The smallest absolute Gasteiger partial charge is 0.00145 e. The third-order valence-electron chi connectivity index (χ3n) is 2.64. The van der Waals surface area contributed by atoms with Crippen LogP contribution in [0.3, 0.4) is 0 Å². The summed E-state index contributed by atoms with van der Waals surface area (Å²) in [5.74, 6) is 2.29. The molecule has 56 valence electrons. The van der Waals surface area contributed by atoms with Crippen LogP contribution in [0, 0.1) is 5.92 Å². The maximum Gasteiger partial charge on any atom is 0.00145 e. The summed E-state index contributed by atoms with van der Waals surface area (Å²) in [6.45, 7) is 2.39. The first-order valence-corrected chi connectivity index (χ1v) is 5.21. The van der Waals surface area contributed by atoms with Crippen molar-refractivity contribution in [3.05, 3.63) is 10.5 Å². The van der Waals surface area contributed by atoms with Crippen molar-refractivity contribution in [3.8, 4) is 0 Å². The van der Waals surface area contributed by atoms with Gasteiger partial charge >= 0.3 is 0 Å². The van der Waals surface area contributed by atoms with Crippen molar-refractivity contribution in [3.63, 3.8) is 0 Å². The summed E-state index contributed by atoms with van der Waals surface area (Å²) in [5, 5.41) is 0. The molecular formula is C9H14S. The van der Waals surface area contributed by atoms with Gasteiger partial charge in [0.15, 0.2) is 0 Å². The Morgan fingerprint density at radius 3 is 3.10 bits per heavy atom. The molecule has 1 aliphatic carbocycles. The van der Waals surface area contributed by atoms with Crippen LogP contribution in [0.15, 0.2) is 10.5 Å². The van der Waals surface area contributed by atoms with Crippen molar-refractivity contribution in [1.29, 1.82) is 0 Å². The first-order valence-electron chi connectivity index (χ1n) is 4.22. The number of allylic oxidation sites excluding steroid dienone is 2. The van der Waals surface area contributed by atoms with Crippen LogP contribution < -0.4 is 0 Å². The molecule has 1 heterocycles. The Bertz CT molecular complexity index is 170. The van der Waals surface area contributed by atoms with Crippen LogP contribution in [-0.2, 0) is 0 Å². The van der Waals surface area contributed by atoms with Crippen LogP contribution in [0.2, 0.25) is 0 Å². The topological polar surface area (TPSA) is 0 Å². The van der Waals surface area contributed by atoms with Crippen molar-refractivity contribution >= 4 is 11.8 Å². The Morgan fingerprint density at radius 2 is 2.30 bits per heavy atom. The summed E-state index contributed by atoms with van der Waals surface area (Å²) in [7, 11) is 0.